The van der Waals surface area contributed by atoms with Crippen LogP contribution in [0.3, 0.4) is 0 Å². The molecule has 1 heterocycles. The number of fused-ring (bicyclic) bond motifs is 1. The SMILES string of the molecule is CC(C)(C)OC(=O)NC1Cc2ccc(Cl)cc2N(O)C1=O. The van der Waals surface area contributed by atoms with Gasteiger partial charge in [-0.1, -0.05) is 17.7 Å². The van der Waals surface area contributed by atoms with Crippen LogP contribution in [-0.4, -0.2) is 28.9 Å². The zero-order valence-electron chi connectivity index (χ0n) is 12.0. The maximum absolute atomic E-state index is 12.1. The molecular formula is C14H17ClN2O4. The van der Waals surface area contributed by atoms with Crippen LogP contribution in [0.25, 0.3) is 0 Å². The smallest absolute Gasteiger partial charge is 0.408 e. The molecule has 114 valence electrons. The topological polar surface area (TPSA) is 78.9 Å². The summed E-state index contributed by atoms with van der Waals surface area (Å²) in [6.45, 7) is 5.18. The Labute approximate surface area is 127 Å². The van der Waals surface area contributed by atoms with E-state index in [1.165, 1.54) is 6.07 Å². The molecule has 21 heavy (non-hydrogen) atoms. The van der Waals surface area contributed by atoms with E-state index in [0.717, 1.165) is 0 Å². The molecule has 1 aliphatic rings. The van der Waals surface area contributed by atoms with E-state index < -0.39 is 23.6 Å². The van der Waals surface area contributed by atoms with E-state index in [0.29, 0.717) is 21.3 Å². The lowest BCUT2D eigenvalue weighted by atomic mass is 9.99. The van der Waals surface area contributed by atoms with Crippen LogP contribution in [0, 0.1) is 0 Å². The second-order valence-electron chi connectivity index (χ2n) is 5.83. The Kier molecular flexibility index (Phi) is 4.11. The van der Waals surface area contributed by atoms with Crippen molar-refractivity contribution >= 4 is 29.3 Å². The average Bonchev–Trinajstić information content (AvgIpc) is 2.34. The highest BCUT2D eigenvalue weighted by Gasteiger charge is 2.34. The Hall–Kier alpha value is -1.79. The van der Waals surface area contributed by atoms with Gasteiger partial charge in [0, 0.05) is 11.4 Å². The van der Waals surface area contributed by atoms with Crippen LogP contribution in [0.5, 0.6) is 0 Å². The normalized spacial score (nSPS) is 18.2. The highest BCUT2D eigenvalue weighted by molar-refractivity contribution is 6.31. The van der Waals surface area contributed by atoms with Gasteiger partial charge in [0.15, 0.2) is 0 Å². The van der Waals surface area contributed by atoms with Crippen molar-refractivity contribution in [3.63, 3.8) is 0 Å². The van der Waals surface area contributed by atoms with Crippen molar-refractivity contribution in [3.8, 4) is 0 Å². The highest BCUT2D eigenvalue weighted by atomic mass is 35.5. The number of carbonyl (C=O) groups excluding carboxylic acids is 2. The van der Waals surface area contributed by atoms with E-state index in [2.05, 4.69) is 5.32 Å². The van der Waals surface area contributed by atoms with Gasteiger partial charge in [0.25, 0.3) is 5.91 Å². The van der Waals surface area contributed by atoms with Gasteiger partial charge in [-0.25, -0.2) is 4.79 Å². The van der Waals surface area contributed by atoms with E-state index in [1.54, 1.807) is 32.9 Å². The molecule has 1 atom stereocenters. The number of benzene rings is 1. The van der Waals surface area contributed by atoms with Crippen LogP contribution in [-0.2, 0) is 16.0 Å². The summed E-state index contributed by atoms with van der Waals surface area (Å²) in [5.41, 5.74) is 0.379. The monoisotopic (exact) mass is 312 g/mol. The standard InChI is InChI=1S/C14H17ClN2O4/c1-14(2,3)21-13(19)16-10-6-8-4-5-9(15)7-11(8)17(20)12(10)18/h4-5,7,10,20H,6H2,1-3H3,(H,16,19). The lowest BCUT2D eigenvalue weighted by molar-refractivity contribution is -0.126. The van der Waals surface area contributed by atoms with Crippen LogP contribution in [0.4, 0.5) is 10.5 Å². The van der Waals surface area contributed by atoms with Gasteiger partial charge in [-0.2, -0.15) is 5.06 Å². The van der Waals surface area contributed by atoms with Crippen LogP contribution in [0.15, 0.2) is 18.2 Å². The van der Waals surface area contributed by atoms with Crippen molar-refractivity contribution in [3.05, 3.63) is 28.8 Å². The van der Waals surface area contributed by atoms with Gasteiger partial charge in [-0.05, 0) is 38.5 Å². The molecule has 6 nitrogen and oxygen atoms in total. The summed E-state index contributed by atoms with van der Waals surface area (Å²) < 4.78 is 5.11. The quantitative estimate of drug-likeness (QED) is 0.781. The molecule has 1 aromatic carbocycles. The molecule has 0 fully saturated rings. The molecule has 0 saturated heterocycles. The summed E-state index contributed by atoms with van der Waals surface area (Å²) in [6, 6.07) is 3.99. The number of nitrogens with one attached hydrogen (secondary N) is 1. The Balaban J connectivity index is 2.15. The first-order valence-electron chi connectivity index (χ1n) is 6.48. The fraction of sp³-hybridized carbons (Fsp3) is 0.429. The zero-order chi connectivity index (χ0) is 15.8. The Morgan fingerprint density at radius 3 is 2.76 bits per heavy atom. The van der Waals surface area contributed by atoms with Crippen molar-refractivity contribution in [2.24, 2.45) is 0 Å². The maximum Gasteiger partial charge on any atom is 0.408 e. The van der Waals surface area contributed by atoms with Crippen LogP contribution < -0.4 is 10.4 Å². The third-order valence-corrected chi connectivity index (χ3v) is 3.13. The predicted octanol–water partition coefficient (Wildman–Crippen LogP) is 2.51. The largest absolute Gasteiger partial charge is 0.444 e. The van der Waals surface area contributed by atoms with Crippen molar-refractivity contribution in [1.29, 1.82) is 0 Å². The summed E-state index contributed by atoms with van der Waals surface area (Å²) in [5.74, 6) is -0.629. The minimum atomic E-state index is -0.876. The number of alkyl carbamates (subject to hydrolysis) is 1. The van der Waals surface area contributed by atoms with Gasteiger partial charge in [-0.3, -0.25) is 10.0 Å². The fourth-order valence-corrected chi connectivity index (χ4v) is 2.21. The third-order valence-electron chi connectivity index (χ3n) is 2.90. The molecule has 1 aliphatic heterocycles. The number of nitrogens with zero attached hydrogens (tertiary/aromatic N) is 1. The van der Waals surface area contributed by atoms with Crippen molar-refractivity contribution < 1.29 is 19.5 Å². The third kappa shape index (κ3) is 3.65. The molecule has 0 spiro atoms. The fourth-order valence-electron chi connectivity index (χ4n) is 2.04. The molecule has 1 aromatic rings. The zero-order valence-corrected chi connectivity index (χ0v) is 12.8. The average molecular weight is 313 g/mol. The number of hydroxylamine groups is 1. The number of carbonyl (C=O) groups is 2. The van der Waals surface area contributed by atoms with Gasteiger partial charge in [0.05, 0.1) is 5.69 Å². The summed E-state index contributed by atoms with van der Waals surface area (Å²) in [6.07, 6.45) is -0.437. The van der Waals surface area contributed by atoms with Crippen molar-refractivity contribution in [2.75, 3.05) is 5.06 Å². The summed E-state index contributed by atoms with van der Waals surface area (Å²) in [7, 11) is 0. The summed E-state index contributed by atoms with van der Waals surface area (Å²) >= 11 is 5.84. The van der Waals surface area contributed by atoms with Gasteiger partial charge < -0.3 is 10.1 Å². The molecule has 7 heteroatoms. The molecule has 2 rings (SSSR count). The van der Waals surface area contributed by atoms with Gasteiger partial charge >= 0.3 is 6.09 Å². The molecular weight excluding hydrogens is 296 g/mol. The predicted molar refractivity (Wildman–Crippen MR) is 77.6 cm³/mol. The lowest BCUT2D eigenvalue weighted by Crippen LogP contribution is -2.52. The first kappa shape index (κ1) is 15.6. The molecule has 0 saturated carbocycles. The first-order valence-corrected chi connectivity index (χ1v) is 6.86. The maximum atomic E-state index is 12.1. The van der Waals surface area contributed by atoms with Crippen molar-refractivity contribution in [2.45, 2.75) is 38.8 Å². The van der Waals surface area contributed by atoms with E-state index >= 15 is 0 Å². The first-order chi connectivity index (χ1) is 9.67. The van der Waals surface area contributed by atoms with Gasteiger partial charge in [0.2, 0.25) is 0 Å². The number of ether oxygens (including phenoxy) is 1. The second-order valence-corrected chi connectivity index (χ2v) is 6.26. The Morgan fingerprint density at radius 2 is 2.14 bits per heavy atom. The van der Waals surface area contributed by atoms with Crippen LogP contribution >= 0.6 is 11.6 Å². The highest BCUT2D eigenvalue weighted by Crippen LogP contribution is 2.29. The van der Waals surface area contributed by atoms with Crippen molar-refractivity contribution in [1.82, 2.24) is 5.32 Å². The molecule has 0 radical (unpaired) electrons. The molecule has 1 unspecified atom stereocenters. The Morgan fingerprint density at radius 1 is 1.48 bits per heavy atom. The number of halogens is 1. The number of rotatable bonds is 1. The molecule has 2 amide bonds. The minimum absolute atomic E-state index is 0.266. The van der Waals surface area contributed by atoms with Crippen LogP contribution in [0.1, 0.15) is 26.3 Å². The van der Waals surface area contributed by atoms with Gasteiger partial charge in [0.1, 0.15) is 11.6 Å². The minimum Gasteiger partial charge on any atom is -0.444 e. The van der Waals surface area contributed by atoms with Crippen LogP contribution in [0.2, 0.25) is 5.02 Å². The second kappa shape index (κ2) is 5.54. The number of amides is 2. The molecule has 0 aliphatic carbocycles. The van der Waals surface area contributed by atoms with E-state index in [9.17, 15) is 14.8 Å². The van der Waals surface area contributed by atoms with E-state index in [4.69, 9.17) is 16.3 Å². The number of anilines is 1. The summed E-state index contributed by atoms with van der Waals surface area (Å²) in [5, 5.41) is 13.3. The lowest BCUT2D eigenvalue weighted by Gasteiger charge is -2.30. The number of hydrogen-bond acceptors (Lipinski definition) is 4. The number of hydrogen-bond donors (Lipinski definition) is 2. The van der Waals surface area contributed by atoms with E-state index in [-0.39, 0.29) is 6.42 Å². The molecule has 2 N–H and O–H groups in total. The summed E-state index contributed by atoms with van der Waals surface area (Å²) in [4.78, 5) is 23.8. The van der Waals surface area contributed by atoms with Gasteiger partial charge in [-0.15, -0.1) is 0 Å². The molecule has 0 aromatic heterocycles. The Bertz CT molecular complexity index is 583. The van der Waals surface area contributed by atoms with E-state index in [1.807, 2.05) is 0 Å². The molecule has 0 bridgehead atoms.